The van der Waals surface area contributed by atoms with Crippen LogP contribution in [0.1, 0.15) is 12.8 Å². The van der Waals surface area contributed by atoms with E-state index in [0.29, 0.717) is 24.2 Å². The van der Waals surface area contributed by atoms with Crippen molar-refractivity contribution in [2.45, 2.75) is 18.9 Å². The minimum absolute atomic E-state index is 0.0334. The highest BCUT2D eigenvalue weighted by Gasteiger charge is 2.36. The minimum Gasteiger partial charge on any atom is -0.353 e. The molecule has 1 aliphatic heterocycles. The van der Waals surface area contributed by atoms with Crippen LogP contribution in [-0.4, -0.2) is 38.6 Å². The number of para-hydroxylation sites is 2. The van der Waals surface area contributed by atoms with Crippen LogP contribution in [0.4, 0.5) is 11.4 Å². The first-order valence-corrected chi connectivity index (χ1v) is 10.3. The number of hydrogen-bond donors (Lipinski definition) is 2. The number of anilines is 2. The van der Waals surface area contributed by atoms with Crippen molar-refractivity contribution in [1.29, 1.82) is 0 Å². The molecule has 1 unspecified atom stereocenters. The van der Waals surface area contributed by atoms with Gasteiger partial charge < -0.3 is 5.32 Å². The second kappa shape index (κ2) is 8.22. The van der Waals surface area contributed by atoms with E-state index in [4.69, 9.17) is 0 Å². The monoisotopic (exact) mass is 387 g/mol. The molecule has 1 fully saturated rings. The molecule has 8 heteroatoms. The molecule has 7 nitrogen and oxygen atoms in total. The van der Waals surface area contributed by atoms with Crippen molar-refractivity contribution in [3.8, 4) is 0 Å². The van der Waals surface area contributed by atoms with Crippen LogP contribution in [0.15, 0.2) is 60.7 Å². The van der Waals surface area contributed by atoms with Crippen molar-refractivity contribution in [3.05, 3.63) is 60.7 Å². The number of carbonyl (C=O) groups excluding carboxylic acids is 2. The molecule has 0 radical (unpaired) electrons. The van der Waals surface area contributed by atoms with E-state index in [2.05, 4.69) is 10.0 Å². The van der Waals surface area contributed by atoms with Crippen molar-refractivity contribution in [2.75, 3.05) is 21.9 Å². The fourth-order valence-corrected chi connectivity index (χ4v) is 3.98. The van der Waals surface area contributed by atoms with Crippen LogP contribution >= 0.6 is 0 Å². The van der Waals surface area contributed by atoms with Gasteiger partial charge in [-0.15, -0.1) is 0 Å². The van der Waals surface area contributed by atoms with E-state index in [9.17, 15) is 18.0 Å². The molecule has 0 spiro atoms. The van der Waals surface area contributed by atoms with Crippen molar-refractivity contribution >= 4 is 33.2 Å². The van der Waals surface area contributed by atoms with Gasteiger partial charge in [0.2, 0.25) is 21.8 Å². The average molecular weight is 387 g/mol. The maximum atomic E-state index is 12.5. The molecule has 1 saturated heterocycles. The summed E-state index contributed by atoms with van der Waals surface area (Å²) in [6, 6.07) is 16.9. The summed E-state index contributed by atoms with van der Waals surface area (Å²) < 4.78 is 26.7. The second-order valence-corrected chi connectivity index (χ2v) is 8.07. The summed E-state index contributed by atoms with van der Waals surface area (Å²) in [5, 5.41) is 2.63. The number of sulfonamides is 1. The first-order valence-electron chi connectivity index (χ1n) is 8.67. The van der Waals surface area contributed by atoms with Gasteiger partial charge >= 0.3 is 0 Å². The Hall–Kier alpha value is -2.87. The predicted octanol–water partition coefficient (Wildman–Crippen LogP) is 1.74. The molecule has 27 heavy (non-hydrogen) atoms. The summed E-state index contributed by atoms with van der Waals surface area (Å²) in [5.41, 5.74) is 1.14. The molecule has 0 aromatic heterocycles. The summed E-state index contributed by atoms with van der Waals surface area (Å²) in [5.74, 6) is -0.709. The molecular weight excluding hydrogens is 366 g/mol. The zero-order valence-corrected chi connectivity index (χ0v) is 15.5. The molecule has 0 saturated carbocycles. The van der Waals surface area contributed by atoms with Gasteiger partial charge in [-0.3, -0.25) is 19.2 Å². The Morgan fingerprint density at radius 1 is 1.04 bits per heavy atom. The van der Waals surface area contributed by atoms with E-state index < -0.39 is 16.1 Å². The van der Waals surface area contributed by atoms with E-state index in [1.54, 1.807) is 54.6 Å². The Morgan fingerprint density at radius 2 is 1.67 bits per heavy atom. The quantitative estimate of drug-likeness (QED) is 0.756. The Kier molecular flexibility index (Phi) is 5.75. The van der Waals surface area contributed by atoms with E-state index in [0.717, 1.165) is 0 Å². The third-order valence-corrected chi connectivity index (χ3v) is 5.55. The van der Waals surface area contributed by atoms with Crippen molar-refractivity contribution in [1.82, 2.24) is 5.32 Å². The molecule has 0 bridgehead atoms. The van der Waals surface area contributed by atoms with Crippen LogP contribution < -0.4 is 14.9 Å². The summed E-state index contributed by atoms with van der Waals surface area (Å²) in [7, 11) is -3.58. The van der Waals surface area contributed by atoms with Gasteiger partial charge in [0.05, 0.1) is 5.75 Å². The van der Waals surface area contributed by atoms with Gasteiger partial charge in [-0.2, -0.15) is 0 Å². The number of nitrogens with one attached hydrogen (secondary N) is 2. The lowest BCUT2D eigenvalue weighted by molar-refractivity contribution is -0.123. The van der Waals surface area contributed by atoms with Crippen molar-refractivity contribution in [3.63, 3.8) is 0 Å². The molecule has 3 rings (SSSR count). The van der Waals surface area contributed by atoms with Crippen molar-refractivity contribution < 1.29 is 18.0 Å². The molecule has 142 valence electrons. The number of amides is 2. The highest BCUT2D eigenvalue weighted by atomic mass is 32.2. The highest BCUT2D eigenvalue weighted by molar-refractivity contribution is 7.92. The van der Waals surface area contributed by atoms with Crippen LogP contribution in [0.25, 0.3) is 0 Å². The molecule has 1 atom stereocenters. The Bertz CT molecular complexity index is 901. The molecule has 0 aliphatic carbocycles. The Morgan fingerprint density at radius 3 is 2.33 bits per heavy atom. The smallest absolute Gasteiger partial charge is 0.243 e. The van der Waals surface area contributed by atoms with E-state index >= 15 is 0 Å². The minimum atomic E-state index is -3.58. The van der Waals surface area contributed by atoms with Crippen LogP contribution in [0, 0.1) is 0 Å². The van der Waals surface area contributed by atoms with E-state index in [1.165, 1.54) is 4.90 Å². The lowest BCUT2D eigenvalue weighted by Crippen LogP contribution is -2.46. The largest absolute Gasteiger partial charge is 0.353 e. The zero-order chi connectivity index (χ0) is 19.3. The molecule has 1 heterocycles. The number of carbonyl (C=O) groups is 2. The standard InChI is InChI=1S/C19H21N3O4S/c23-18-12-11-17(22(18)16-9-5-2-6-10-16)19(24)20-13-14-27(25,26)21-15-7-3-1-4-8-15/h1-10,17,21H,11-14H2,(H,20,24). The van der Waals surface area contributed by atoms with Gasteiger partial charge in [-0.05, 0) is 30.7 Å². The van der Waals surface area contributed by atoms with Crippen molar-refractivity contribution in [2.24, 2.45) is 0 Å². The topological polar surface area (TPSA) is 95.6 Å². The van der Waals surface area contributed by atoms with Crippen LogP contribution in [-0.2, 0) is 19.6 Å². The highest BCUT2D eigenvalue weighted by Crippen LogP contribution is 2.26. The predicted molar refractivity (Wildman–Crippen MR) is 104 cm³/mol. The molecule has 2 N–H and O–H groups in total. The normalized spacial score (nSPS) is 17.0. The molecule has 2 aromatic carbocycles. The third-order valence-electron chi connectivity index (χ3n) is 4.27. The van der Waals surface area contributed by atoms with Gasteiger partial charge in [0.25, 0.3) is 0 Å². The average Bonchev–Trinajstić information content (AvgIpc) is 3.04. The van der Waals surface area contributed by atoms with E-state index in [1.807, 2.05) is 6.07 Å². The first kappa shape index (κ1) is 18.9. The van der Waals surface area contributed by atoms with Gasteiger partial charge in [-0.1, -0.05) is 36.4 Å². The van der Waals surface area contributed by atoms with Crippen LogP contribution in [0.5, 0.6) is 0 Å². The van der Waals surface area contributed by atoms with Crippen LogP contribution in [0.2, 0.25) is 0 Å². The summed E-state index contributed by atoms with van der Waals surface area (Å²) in [6.45, 7) is -0.0334. The fourth-order valence-electron chi connectivity index (χ4n) is 3.01. The maximum absolute atomic E-state index is 12.5. The Balaban J connectivity index is 1.56. The molecule has 2 amide bonds. The van der Waals surface area contributed by atoms with Gasteiger partial charge in [-0.25, -0.2) is 8.42 Å². The summed E-state index contributed by atoms with van der Waals surface area (Å²) in [4.78, 5) is 26.1. The number of rotatable bonds is 7. The van der Waals surface area contributed by atoms with Crippen LogP contribution in [0.3, 0.4) is 0 Å². The molecular formula is C19H21N3O4S. The van der Waals surface area contributed by atoms with Gasteiger partial charge in [0.1, 0.15) is 6.04 Å². The zero-order valence-electron chi connectivity index (χ0n) is 14.7. The van der Waals surface area contributed by atoms with Gasteiger partial charge in [0, 0.05) is 24.3 Å². The first-order chi connectivity index (χ1) is 13.0. The third kappa shape index (κ3) is 4.85. The Labute approximate surface area is 158 Å². The molecule has 1 aliphatic rings. The van der Waals surface area contributed by atoms with Gasteiger partial charge in [0.15, 0.2) is 0 Å². The molecule has 2 aromatic rings. The van der Waals surface area contributed by atoms with E-state index in [-0.39, 0.29) is 24.1 Å². The SMILES string of the molecule is O=C(NCCS(=O)(=O)Nc1ccccc1)C1CCC(=O)N1c1ccccc1. The summed E-state index contributed by atoms with van der Waals surface area (Å²) in [6.07, 6.45) is 0.704. The maximum Gasteiger partial charge on any atom is 0.243 e. The lowest BCUT2D eigenvalue weighted by atomic mass is 10.2. The second-order valence-electron chi connectivity index (χ2n) is 6.23. The lowest BCUT2D eigenvalue weighted by Gasteiger charge is -2.24. The number of benzene rings is 2. The fraction of sp³-hybridized carbons (Fsp3) is 0.263. The summed E-state index contributed by atoms with van der Waals surface area (Å²) >= 11 is 0. The number of hydrogen-bond acceptors (Lipinski definition) is 4. The number of nitrogens with zero attached hydrogens (tertiary/aromatic N) is 1.